The molecule has 0 unspecified atom stereocenters. The molecule has 4 rings (SSSR count). The van der Waals surface area contributed by atoms with E-state index in [4.69, 9.17) is 10.7 Å². The molecule has 0 saturated heterocycles. The van der Waals surface area contributed by atoms with Crippen LogP contribution < -0.4 is 11.2 Å². The summed E-state index contributed by atoms with van der Waals surface area (Å²) in [6.45, 7) is 0. The minimum atomic E-state index is 0.0365. The van der Waals surface area contributed by atoms with Gasteiger partial charge in [0.05, 0.1) is 20.8 Å². The van der Waals surface area contributed by atoms with E-state index >= 15 is 0 Å². The summed E-state index contributed by atoms with van der Waals surface area (Å²) in [6.07, 6.45) is 0. The zero-order valence-corrected chi connectivity index (χ0v) is 11.3. The summed E-state index contributed by atoms with van der Waals surface area (Å²) in [5.74, 6) is 0. The van der Waals surface area contributed by atoms with Crippen LogP contribution in [0.4, 0.5) is 5.69 Å². The van der Waals surface area contributed by atoms with Crippen molar-refractivity contribution in [3.63, 3.8) is 0 Å². The van der Waals surface area contributed by atoms with Crippen LogP contribution >= 0.6 is 11.3 Å². The number of nitrogen functional groups attached to an aromatic ring is 1. The molecule has 2 aromatic carbocycles. The smallest absolute Gasteiger partial charge is 0.188 e. The molecular weight excluding hydrogens is 268 g/mol. The number of rotatable bonds is 0. The Hall–Kier alpha value is -2.46. The molecule has 96 valence electrons. The van der Waals surface area contributed by atoms with Crippen molar-refractivity contribution < 1.29 is 0 Å². The zero-order valence-electron chi connectivity index (χ0n) is 10.5. The van der Waals surface area contributed by atoms with Crippen molar-refractivity contribution in [2.45, 2.75) is 0 Å². The molecule has 1 aliphatic heterocycles. The van der Waals surface area contributed by atoms with Crippen LogP contribution in [0.2, 0.25) is 0 Å². The molecule has 0 radical (unpaired) electrons. The Labute approximate surface area is 118 Å². The standard InChI is InChI=1S/C16H10N2OS/c17-9-5-6-12-14(7-9)20-15-8-13(19)10-3-1-2-4-11(10)16(15)18-12/h1-8H,17H2. The molecule has 2 aliphatic rings. The second-order valence-corrected chi connectivity index (χ2v) is 5.79. The van der Waals surface area contributed by atoms with Crippen molar-refractivity contribution in [3.05, 3.63) is 58.8 Å². The lowest BCUT2D eigenvalue weighted by Gasteiger charge is -2.09. The molecule has 0 spiro atoms. The summed E-state index contributed by atoms with van der Waals surface area (Å²) in [7, 11) is 0. The Morgan fingerprint density at radius 2 is 1.80 bits per heavy atom. The topological polar surface area (TPSA) is 56.0 Å². The van der Waals surface area contributed by atoms with Gasteiger partial charge in [-0.05, 0) is 18.2 Å². The van der Waals surface area contributed by atoms with Gasteiger partial charge in [0, 0.05) is 22.5 Å². The maximum atomic E-state index is 12.1. The van der Waals surface area contributed by atoms with Crippen LogP contribution in [0.3, 0.4) is 0 Å². The quantitative estimate of drug-likeness (QED) is 0.304. The molecule has 0 fully saturated rings. The van der Waals surface area contributed by atoms with Crippen molar-refractivity contribution >= 4 is 38.0 Å². The molecule has 2 aromatic rings. The number of hydrogen-bond acceptors (Lipinski definition) is 4. The highest BCUT2D eigenvalue weighted by Crippen LogP contribution is 2.34. The van der Waals surface area contributed by atoms with Crippen LogP contribution in [-0.2, 0) is 0 Å². The van der Waals surface area contributed by atoms with Crippen molar-refractivity contribution in [3.8, 4) is 10.6 Å². The fourth-order valence-corrected chi connectivity index (χ4v) is 3.51. The van der Waals surface area contributed by atoms with E-state index in [0.29, 0.717) is 5.69 Å². The SMILES string of the molecule is Nc1ccc2nc3c4ccccc4c(=O)cc-3sc2c1. The highest BCUT2D eigenvalue weighted by Gasteiger charge is 2.13. The maximum absolute atomic E-state index is 12.1. The number of anilines is 1. The average molecular weight is 278 g/mol. The molecule has 0 amide bonds. The van der Waals surface area contributed by atoms with Gasteiger partial charge in [-0.15, -0.1) is 11.3 Å². The molecule has 2 N–H and O–H groups in total. The first-order valence-corrected chi connectivity index (χ1v) is 7.06. The summed E-state index contributed by atoms with van der Waals surface area (Å²) < 4.78 is 0.993. The van der Waals surface area contributed by atoms with E-state index in [1.165, 1.54) is 0 Å². The number of aromatic nitrogens is 1. The second kappa shape index (κ2) is 4.02. The van der Waals surface area contributed by atoms with E-state index in [0.717, 1.165) is 31.6 Å². The van der Waals surface area contributed by atoms with Gasteiger partial charge in [-0.3, -0.25) is 4.79 Å². The molecule has 3 nitrogen and oxygen atoms in total. The first-order valence-electron chi connectivity index (χ1n) is 6.24. The van der Waals surface area contributed by atoms with Gasteiger partial charge in [0.15, 0.2) is 5.43 Å². The number of hydrogen-bond donors (Lipinski definition) is 1. The minimum Gasteiger partial charge on any atom is -0.399 e. The predicted molar refractivity (Wildman–Crippen MR) is 84.4 cm³/mol. The second-order valence-electron chi connectivity index (χ2n) is 4.71. The summed E-state index contributed by atoms with van der Waals surface area (Å²) >= 11 is 1.55. The first kappa shape index (κ1) is 11.4. The summed E-state index contributed by atoms with van der Waals surface area (Å²) in [5.41, 5.74) is 8.33. The van der Waals surface area contributed by atoms with E-state index in [2.05, 4.69) is 0 Å². The summed E-state index contributed by atoms with van der Waals surface area (Å²) in [4.78, 5) is 17.7. The van der Waals surface area contributed by atoms with E-state index in [9.17, 15) is 4.79 Å². The molecule has 0 saturated carbocycles. The van der Waals surface area contributed by atoms with Gasteiger partial charge in [-0.2, -0.15) is 0 Å². The molecule has 0 bridgehead atoms. The molecule has 0 atom stereocenters. The van der Waals surface area contributed by atoms with Crippen LogP contribution in [0.1, 0.15) is 0 Å². The van der Waals surface area contributed by atoms with E-state index in [-0.39, 0.29) is 5.43 Å². The van der Waals surface area contributed by atoms with Gasteiger partial charge in [0.1, 0.15) is 0 Å². The molecule has 4 heteroatoms. The highest BCUT2D eigenvalue weighted by atomic mass is 32.1. The van der Waals surface area contributed by atoms with Gasteiger partial charge >= 0.3 is 0 Å². The lowest BCUT2D eigenvalue weighted by molar-refractivity contribution is 1.44. The van der Waals surface area contributed by atoms with Gasteiger partial charge < -0.3 is 5.73 Å². The first-order chi connectivity index (χ1) is 9.72. The summed E-state index contributed by atoms with van der Waals surface area (Å²) in [6, 6.07) is 14.9. The predicted octanol–water partition coefficient (Wildman–Crippen LogP) is 3.50. The van der Waals surface area contributed by atoms with Crippen molar-refractivity contribution in [2.75, 3.05) is 5.73 Å². The largest absolute Gasteiger partial charge is 0.399 e. The number of benzene rings is 3. The lowest BCUT2D eigenvalue weighted by Crippen LogP contribution is -2.02. The van der Waals surface area contributed by atoms with Crippen LogP contribution in [0.5, 0.6) is 0 Å². The van der Waals surface area contributed by atoms with Gasteiger partial charge in [0.2, 0.25) is 0 Å². The van der Waals surface area contributed by atoms with Gasteiger partial charge in [0.25, 0.3) is 0 Å². The number of nitrogens with zero attached hydrogens (tertiary/aromatic N) is 1. The highest BCUT2D eigenvalue weighted by molar-refractivity contribution is 7.21. The van der Waals surface area contributed by atoms with Crippen molar-refractivity contribution in [2.24, 2.45) is 0 Å². The fraction of sp³-hybridized carbons (Fsp3) is 0. The Bertz CT molecular complexity index is 990. The van der Waals surface area contributed by atoms with Crippen LogP contribution in [0.25, 0.3) is 31.6 Å². The molecule has 1 heterocycles. The Morgan fingerprint density at radius 3 is 2.65 bits per heavy atom. The Balaban J connectivity index is 2.25. The van der Waals surface area contributed by atoms with E-state index < -0.39 is 0 Å². The third-order valence-corrected chi connectivity index (χ3v) is 4.46. The van der Waals surface area contributed by atoms with Crippen molar-refractivity contribution in [1.29, 1.82) is 0 Å². The van der Waals surface area contributed by atoms with Gasteiger partial charge in [-0.1, -0.05) is 24.3 Å². The Morgan fingerprint density at radius 1 is 1.00 bits per heavy atom. The monoisotopic (exact) mass is 278 g/mol. The van der Waals surface area contributed by atoms with Crippen LogP contribution in [0, 0.1) is 0 Å². The van der Waals surface area contributed by atoms with E-state index in [1.807, 2.05) is 42.5 Å². The summed E-state index contributed by atoms with van der Waals surface area (Å²) in [5, 5.41) is 1.62. The number of nitrogens with two attached hydrogens (primary N) is 1. The van der Waals surface area contributed by atoms with E-state index in [1.54, 1.807) is 17.4 Å². The molecule has 1 aliphatic carbocycles. The lowest BCUT2D eigenvalue weighted by atomic mass is 10.1. The van der Waals surface area contributed by atoms with Crippen LogP contribution in [-0.4, -0.2) is 4.98 Å². The number of fused-ring (bicyclic) bond motifs is 4. The van der Waals surface area contributed by atoms with Crippen LogP contribution in [0.15, 0.2) is 53.3 Å². The van der Waals surface area contributed by atoms with Crippen molar-refractivity contribution in [1.82, 2.24) is 4.98 Å². The Kier molecular flexibility index (Phi) is 2.28. The minimum absolute atomic E-state index is 0.0365. The normalized spacial score (nSPS) is 11.4. The maximum Gasteiger partial charge on any atom is 0.188 e. The average Bonchev–Trinajstić information content (AvgIpc) is 2.46. The third-order valence-electron chi connectivity index (χ3n) is 3.38. The fourth-order valence-electron chi connectivity index (χ4n) is 2.44. The zero-order chi connectivity index (χ0) is 13.7. The molecular formula is C16H10N2OS. The third kappa shape index (κ3) is 1.58. The molecule has 20 heavy (non-hydrogen) atoms. The van der Waals surface area contributed by atoms with Gasteiger partial charge in [-0.25, -0.2) is 4.98 Å². The molecule has 0 aromatic heterocycles.